The Morgan fingerprint density at radius 1 is 0.967 bits per heavy atom. The highest BCUT2D eigenvalue weighted by Crippen LogP contribution is 2.39. The van der Waals surface area contributed by atoms with E-state index >= 15 is 4.39 Å². The van der Waals surface area contributed by atoms with Crippen molar-refractivity contribution in [1.82, 2.24) is 0 Å². The van der Waals surface area contributed by atoms with Gasteiger partial charge in [0, 0.05) is 42.3 Å². The number of ether oxygens (including phenoxy) is 2. The summed E-state index contributed by atoms with van der Waals surface area (Å²) in [5.41, 5.74) is 15.6. The smallest absolute Gasteiger partial charge is 0.173 e. The molecule has 0 spiro atoms. The van der Waals surface area contributed by atoms with Crippen LogP contribution in [0.4, 0.5) is 4.39 Å². The first-order chi connectivity index (χ1) is 14.6. The van der Waals surface area contributed by atoms with Gasteiger partial charge in [0.1, 0.15) is 6.61 Å². The Morgan fingerprint density at radius 2 is 1.73 bits per heavy atom. The molecule has 158 valence electrons. The summed E-state index contributed by atoms with van der Waals surface area (Å²) in [4.78, 5) is 0. The molecular weight excluding hydrogens is 403 g/mol. The molecule has 0 saturated heterocycles. The van der Waals surface area contributed by atoms with Crippen LogP contribution < -0.4 is 16.2 Å². The summed E-state index contributed by atoms with van der Waals surface area (Å²) in [5, 5.41) is 0.435. The van der Waals surface area contributed by atoms with E-state index < -0.39 is 5.82 Å². The summed E-state index contributed by atoms with van der Waals surface area (Å²) in [5.74, 6) is -0.385. The van der Waals surface area contributed by atoms with Gasteiger partial charge in [-0.1, -0.05) is 54.1 Å². The zero-order valence-electron chi connectivity index (χ0n) is 16.9. The fourth-order valence-electron chi connectivity index (χ4n) is 3.51. The SMILES string of the molecule is COCCOc1ccc(CN)c(-c2cc(C(CN)c3ccccc3)ccc2Cl)c1F. The lowest BCUT2D eigenvalue weighted by Gasteiger charge is -2.19. The summed E-state index contributed by atoms with van der Waals surface area (Å²) in [7, 11) is 1.56. The van der Waals surface area contributed by atoms with Crippen LogP contribution in [0.1, 0.15) is 22.6 Å². The summed E-state index contributed by atoms with van der Waals surface area (Å²) < 4.78 is 26.0. The maximum atomic E-state index is 15.4. The molecule has 3 aromatic rings. The fraction of sp³-hybridized carbons (Fsp3) is 0.250. The van der Waals surface area contributed by atoms with Crippen molar-refractivity contribution in [2.24, 2.45) is 11.5 Å². The Bertz CT molecular complexity index is 982. The second kappa shape index (κ2) is 10.5. The van der Waals surface area contributed by atoms with Gasteiger partial charge in [0.15, 0.2) is 11.6 Å². The highest BCUT2D eigenvalue weighted by molar-refractivity contribution is 6.33. The van der Waals surface area contributed by atoms with E-state index in [4.69, 9.17) is 32.5 Å². The predicted molar refractivity (Wildman–Crippen MR) is 119 cm³/mol. The average Bonchev–Trinajstić information content (AvgIpc) is 2.77. The van der Waals surface area contributed by atoms with Gasteiger partial charge in [0.25, 0.3) is 0 Å². The van der Waals surface area contributed by atoms with E-state index in [0.717, 1.165) is 11.1 Å². The number of nitrogens with two attached hydrogens (primary N) is 2. The minimum atomic E-state index is -0.489. The zero-order chi connectivity index (χ0) is 21.5. The molecule has 0 aliphatic carbocycles. The number of benzene rings is 3. The summed E-state index contributed by atoms with van der Waals surface area (Å²) in [6.07, 6.45) is 0. The van der Waals surface area contributed by atoms with Crippen LogP contribution in [0.25, 0.3) is 11.1 Å². The molecule has 6 heteroatoms. The maximum Gasteiger partial charge on any atom is 0.173 e. The van der Waals surface area contributed by atoms with Crippen LogP contribution in [0, 0.1) is 5.82 Å². The van der Waals surface area contributed by atoms with Crippen LogP contribution in [0.5, 0.6) is 5.75 Å². The maximum absolute atomic E-state index is 15.4. The molecule has 3 rings (SSSR count). The van der Waals surface area contributed by atoms with Crippen LogP contribution in [-0.4, -0.2) is 26.9 Å². The van der Waals surface area contributed by atoms with Gasteiger partial charge in [-0.2, -0.15) is 0 Å². The van der Waals surface area contributed by atoms with Crippen molar-refractivity contribution < 1.29 is 13.9 Å². The molecule has 0 bridgehead atoms. The first kappa shape index (κ1) is 22.2. The van der Waals surface area contributed by atoms with Crippen molar-refractivity contribution >= 4 is 11.6 Å². The van der Waals surface area contributed by atoms with Gasteiger partial charge in [-0.05, 0) is 34.9 Å². The van der Waals surface area contributed by atoms with Gasteiger partial charge in [0.2, 0.25) is 0 Å². The molecule has 4 nitrogen and oxygen atoms in total. The predicted octanol–water partition coefficient (Wildman–Crippen LogP) is 4.72. The summed E-state index contributed by atoms with van der Waals surface area (Å²) in [6.45, 7) is 1.19. The standard InChI is InChI=1S/C24H26ClFN2O2/c1-29-11-12-30-22-10-8-18(14-27)23(24(22)26)19-13-17(7-9-21(19)25)20(15-28)16-5-3-2-4-6-16/h2-10,13,20H,11-12,14-15,27-28H2,1H3. The van der Waals surface area contributed by atoms with Crippen molar-refractivity contribution in [3.8, 4) is 16.9 Å². The molecule has 0 fully saturated rings. The quantitative estimate of drug-likeness (QED) is 0.484. The van der Waals surface area contributed by atoms with Gasteiger partial charge in [0.05, 0.1) is 6.61 Å². The van der Waals surface area contributed by atoms with Crippen LogP contribution in [0.3, 0.4) is 0 Å². The highest BCUT2D eigenvalue weighted by atomic mass is 35.5. The normalized spacial score (nSPS) is 12.0. The van der Waals surface area contributed by atoms with Crippen LogP contribution in [-0.2, 0) is 11.3 Å². The van der Waals surface area contributed by atoms with E-state index in [1.165, 1.54) is 0 Å². The van der Waals surface area contributed by atoms with Crippen LogP contribution >= 0.6 is 11.6 Å². The van der Waals surface area contributed by atoms with Gasteiger partial charge >= 0.3 is 0 Å². The molecule has 30 heavy (non-hydrogen) atoms. The van der Waals surface area contributed by atoms with Gasteiger partial charge in [-0.25, -0.2) is 4.39 Å². The van der Waals surface area contributed by atoms with E-state index in [2.05, 4.69) is 0 Å². The van der Waals surface area contributed by atoms with E-state index in [-0.39, 0.29) is 24.8 Å². The largest absolute Gasteiger partial charge is 0.488 e. The molecule has 0 aliphatic rings. The lowest BCUT2D eigenvalue weighted by molar-refractivity contribution is 0.144. The third-order valence-electron chi connectivity index (χ3n) is 5.06. The number of hydrogen-bond donors (Lipinski definition) is 2. The van der Waals surface area contributed by atoms with Gasteiger partial charge in [-0.3, -0.25) is 0 Å². The lowest BCUT2D eigenvalue weighted by Crippen LogP contribution is -2.14. The van der Waals surface area contributed by atoms with Crippen molar-refractivity contribution in [2.75, 3.05) is 26.9 Å². The molecular formula is C24H26ClFN2O2. The van der Waals surface area contributed by atoms with Gasteiger partial charge in [-0.15, -0.1) is 0 Å². The van der Waals surface area contributed by atoms with E-state index in [1.807, 2.05) is 42.5 Å². The third-order valence-corrected chi connectivity index (χ3v) is 5.39. The molecule has 4 N–H and O–H groups in total. The highest BCUT2D eigenvalue weighted by Gasteiger charge is 2.20. The number of methoxy groups -OCH3 is 1. The lowest BCUT2D eigenvalue weighted by atomic mass is 9.88. The molecule has 0 heterocycles. The first-order valence-corrected chi connectivity index (χ1v) is 10.2. The van der Waals surface area contributed by atoms with Crippen molar-refractivity contribution in [3.63, 3.8) is 0 Å². The molecule has 1 unspecified atom stereocenters. The van der Waals surface area contributed by atoms with Crippen LogP contribution in [0.15, 0.2) is 60.7 Å². The zero-order valence-corrected chi connectivity index (χ0v) is 17.7. The Kier molecular flexibility index (Phi) is 7.82. The minimum Gasteiger partial charge on any atom is -0.488 e. The Hall–Kier alpha value is -2.44. The third kappa shape index (κ3) is 4.82. The topological polar surface area (TPSA) is 70.5 Å². The van der Waals surface area contributed by atoms with E-state index in [9.17, 15) is 0 Å². The Morgan fingerprint density at radius 3 is 2.40 bits per heavy atom. The first-order valence-electron chi connectivity index (χ1n) is 9.78. The molecule has 0 aliphatic heterocycles. The monoisotopic (exact) mass is 428 g/mol. The molecule has 0 aromatic heterocycles. The van der Waals surface area contributed by atoms with Crippen molar-refractivity contribution in [1.29, 1.82) is 0 Å². The summed E-state index contributed by atoms with van der Waals surface area (Å²) in [6, 6.07) is 18.9. The molecule has 0 amide bonds. The van der Waals surface area contributed by atoms with Crippen molar-refractivity contribution in [2.45, 2.75) is 12.5 Å². The summed E-state index contributed by atoms with van der Waals surface area (Å²) >= 11 is 6.51. The fourth-order valence-corrected chi connectivity index (χ4v) is 3.72. The van der Waals surface area contributed by atoms with E-state index in [0.29, 0.717) is 34.9 Å². The Labute approximate surface area is 181 Å². The Balaban J connectivity index is 2.09. The number of rotatable bonds is 9. The molecule has 0 saturated carbocycles. The molecule has 0 radical (unpaired) electrons. The number of halogens is 2. The van der Waals surface area contributed by atoms with Crippen molar-refractivity contribution in [3.05, 3.63) is 88.2 Å². The second-order valence-electron chi connectivity index (χ2n) is 6.90. The van der Waals surface area contributed by atoms with Gasteiger partial charge < -0.3 is 20.9 Å². The molecule has 1 atom stereocenters. The molecule has 3 aromatic carbocycles. The second-order valence-corrected chi connectivity index (χ2v) is 7.30. The van der Waals surface area contributed by atoms with Crippen LogP contribution in [0.2, 0.25) is 5.02 Å². The number of hydrogen-bond acceptors (Lipinski definition) is 4. The van der Waals surface area contributed by atoms with E-state index in [1.54, 1.807) is 25.3 Å². The minimum absolute atomic E-state index is 0.0345. The average molecular weight is 429 g/mol.